The first kappa shape index (κ1) is 19.2. The summed E-state index contributed by atoms with van der Waals surface area (Å²) in [7, 11) is 0. The first-order valence-corrected chi connectivity index (χ1v) is 6.32. The van der Waals surface area contributed by atoms with E-state index in [9.17, 15) is 18.0 Å². The predicted octanol–water partition coefficient (Wildman–Crippen LogP) is 3.11. The number of carbonyl (C=O) groups excluding carboxylic acids is 1. The molecule has 3 nitrogen and oxygen atoms in total. The standard InChI is InChI=1S/C12H14BrF3N2O.ClH/c1-11(17,8-2-4-9(13)5-3-8)10(19)18-7-6-12(14,15)16;/h2-5H,6-7,17H2,1H3,(H,18,19);1H. The van der Waals surface area contributed by atoms with Gasteiger partial charge in [0, 0.05) is 11.0 Å². The third-order valence-corrected chi connectivity index (χ3v) is 3.14. The number of rotatable bonds is 4. The third kappa shape index (κ3) is 5.68. The summed E-state index contributed by atoms with van der Waals surface area (Å²) >= 11 is 3.25. The minimum absolute atomic E-state index is 0. The molecule has 1 atom stereocenters. The highest BCUT2D eigenvalue weighted by molar-refractivity contribution is 9.10. The molecule has 0 heterocycles. The fourth-order valence-corrected chi connectivity index (χ4v) is 1.69. The molecule has 20 heavy (non-hydrogen) atoms. The van der Waals surface area contributed by atoms with Gasteiger partial charge in [-0.25, -0.2) is 0 Å². The molecule has 8 heteroatoms. The van der Waals surface area contributed by atoms with E-state index in [0.29, 0.717) is 5.56 Å². The summed E-state index contributed by atoms with van der Waals surface area (Å²) in [5.41, 5.74) is 5.03. The fourth-order valence-electron chi connectivity index (χ4n) is 1.43. The van der Waals surface area contributed by atoms with E-state index in [0.717, 1.165) is 4.47 Å². The van der Waals surface area contributed by atoms with Gasteiger partial charge in [0.05, 0.1) is 6.42 Å². The van der Waals surface area contributed by atoms with E-state index in [-0.39, 0.29) is 12.4 Å². The van der Waals surface area contributed by atoms with E-state index in [2.05, 4.69) is 21.2 Å². The predicted molar refractivity (Wildman–Crippen MR) is 76.6 cm³/mol. The van der Waals surface area contributed by atoms with Gasteiger partial charge in [0.25, 0.3) is 0 Å². The summed E-state index contributed by atoms with van der Waals surface area (Å²) in [6.07, 6.45) is -5.37. The fraction of sp³-hybridized carbons (Fsp3) is 0.417. The Hall–Kier alpha value is -0.790. The Morgan fingerprint density at radius 2 is 1.80 bits per heavy atom. The maximum Gasteiger partial charge on any atom is 0.390 e. The quantitative estimate of drug-likeness (QED) is 0.849. The average Bonchev–Trinajstić information content (AvgIpc) is 2.27. The van der Waals surface area contributed by atoms with Crippen molar-refractivity contribution in [1.82, 2.24) is 5.32 Å². The Morgan fingerprint density at radius 3 is 2.25 bits per heavy atom. The van der Waals surface area contributed by atoms with E-state index in [4.69, 9.17) is 5.73 Å². The molecule has 1 aromatic carbocycles. The molecule has 1 unspecified atom stereocenters. The van der Waals surface area contributed by atoms with E-state index in [1.54, 1.807) is 24.3 Å². The Balaban J connectivity index is 0.00000361. The van der Waals surface area contributed by atoms with Crippen LogP contribution in [0.4, 0.5) is 13.2 Å². The Kier molecular flexibility index (Phi) is 7.00. The van der Waals surface area contributed by atoms with Crippen LogP contribution in [0.2, 0.25) is 0 Å². The van der Waals surface area contributed by atoms with Crippen LogP contribution in [-0.2, 0) is 10.3 Å². The molecule has 1 aromatic rings. The van der Waals surface area contributed by atoms with Crippen molar-refractivity contribution in [2.24, 2.45) is 5.73 Å². The molecule has 0 aliphatic heterocycles. The van der Waals surface area contributed by atoms with Crippen LogP contribution in [0.5, 0.6) is 0 Å². The number of benzene rings is 1. The van der Waals surface area contributed by atoms with Crippen LogP contribution in [0.3, 0.4) is 0 Å². The molecule has 3 N–H and O–H groups in total. The normalized spacial score (nSPS) is 14.1. The zero-order valence-corrected chi connectivity index (χ0v) is 13.0. The number of nitrogens with two attached hydrogens (primary N) is 1. The largest absolute Gasteiger partial charge is 0.390 e. The molecule has 0 fully saturated rings. The van der Waals surface area contributed by atoms with Crippen LogP contribution < -0.4 is 11.1 Å². The van der Waals surface area contributed by atoms with Crippen LogP contribution in [-0.4, -0.2) is 18.6 Å². The van der Waals surface area contributed by atoms with Gasteiger partial charge in [-0.3, -0.25) is 4.79 Å². The van der Waals surface area contributed by atoms with Crippen molar-refractivity contribution < 1.29 is 18.0 Å². The monoisotopic (exact) mass is 374 g/mol. The number of hydrogen-bond donors (Lipinski definition) is 2. The van der Waals surface area contributed by atoms with Crippen LogP contribution in [0.25, 0.3) is 0 Å². The van der Waals surface area contributed by atoms with Crippen LogP contribution in [0.1, 0.15) is 18.9 Å². The zero-order valence-electron chi connectivity index (χ0n) is 10.6. The van der Waals surface area contributed by atoms with Crippen molar-refractivity contribution >= 4 is 34.2 Å². The van der Waals surface area contributed by atoms with Crippen LogP contribution >= 0.6 is 28.3 Å². The molecular formula is C12H15BrClF3N2O. The Bertz CT molecular complexity index is 449. The molecule has 0 saturated heterocycles. The molecule has 114 valence electrons. The summed E-state index contributed by atoms with van der Waals surface area (Å²) in [5, 5.41) is 2.20. The number of halogens is 5. The molecule has 0 radical (unpaired) electrons. The van der Waals surface area contributed by atoms with Gasteiger partial charge in [-0.05, 0) is 24.6 Å². The van der Waals surface area contributed by atoms with Crippen molar-refractivity contribution in [3.05, 3.63) is 34.3 Å². The number of carbonyl (C=O) groups is 1. The van der Waals surface area contributed by atoms with Gasteiger partial charge in [-0.2, -0.15) is 13.2 Å². The molecule has 0 aromatic heterocycles. The Labute approximate surface area is 129 Å². The maximum absolute atomic E-state index is 12.0. The van der Waals surface area contributed by atoms with E-state index < -0.39 is 30.6 Å². The van der Waals surface area contributed by atoms with E-state index in [1.807, 2.05) is 0 Å². The summed E-state index contributed by atoms with van der Waals surface area (Å²) in [6, 6.07) is 6.72. The summed E-state index contributed by atoms with van der Waals surface area (Å²) < 4.78 is 36.8. The van der Waals surface area contributed by atoms with Crippen molar-refractivity contribution in [2.45, 2.75) is 25.1 Å². The third-order valence-electron chi connectivity index (χ3n) is 2.61. The molecule has 0 spiro atoms. The van der Waals surface area contributed by atoms with Crippen LogP contribution in [0, 0.1) is 0 Å². The van der Waals surface area contributed by atoms with Crippen molar-refractivity contribution in [1.29, 1.82) is 0 Å². The SMILES string of the molecule is CC(N)(C(=O)NCCC(F)(F)F)c1ccc(Br)cc1.Cl. The highest BCUT2D eigenvalue weighted by Crippen LogP contribution is 2.21. The lowest BCUT2D eigenvalue weighted by Crippen LogP contribution is -2.49. The maximum atomic E-state index is 12.0. The summed E-state index contributed by atoms with van der Waals surface area (Å²) in [4.78, 5) is 11.8. The highest BCUT2D eigenvalue weighted by atomic mass is 79.9. The smallest absolute Gasteiger partial charge is 0.354 e. The van der Waals surface area contributed by atoms with Gasteiger partial charge in [-0.15, -0.1) is 12.4 Å². The van der Waals surface area contributed by atoms with Gasteiger partial charge in [0.1, 0.15) is 5.54 Å². The molecule has 0 bridgehead atoms. The van der Waals surface area contributed by atoms with E-state index in [1.165, 1.54) is 6.92 Å². The minimum Gasteiger partial charge on any atom is -0.354 e. The number of amides is 1. The molecule has 0 aliphatic carbocycles. The second-order valence-electron chi connectivity index (χ2n) is 4.33. The summed E-state index contributed by atoms with van der Waals surface area (Å²) in [5.74, 6) is -0.640. The second kappa shape index (κ2) is 7.28. The van der Waals surface area contributed by atoms with E-state index >= 15 is 0 Å². The highest BCUT2D eigenvalue weighted by Gasteiger charge is 2.32. The van der Waals surface area contributed by atoms with Crippen molar-refractivity contribution in [3.63, 3.8) is 0 Å². The van der Waals surface area contributed by atoms with Gasteiger partial charge in [-0.1, -0.05) is 28.1 Å². The molecule has 1 rings (SSSR count). The van der Waals surface area contributed by atoms with Crippen LogP contribution in [0.15, 0.2) is 28.7 Å². The lowest BCUT2D eigenvalue weighted by Gasteiger charge is -2.24. The first-order chi connectivity index (χ1) is 8.63. The molecule has 0 saturated carbocycles. The lowest BCUT2D eigenvalue weighted by molar-refractivity contribution is -0.136. The molecule has 1 amide bonds. The Morgan fingerprint density at radius 1 is 1.30 bits per heavy atom. The van der Waals surface area contributed by atoms with Crippen molar-refractivity contribution in [3.8, 4) is 0 Å². The minimum atomic E-state index is -4.30. The van der Waals surface area contributed by atoms with Gasteiger partial charge >= 0.3 is 6.18 Å². The second-order valence-corrected chi connectivity index (χ2v) is 5.25. The molecule has 0 aliphatic rings. The number of alkyl halides is 3. The summed E-state index contributed by atoms with van der Waals surface area (Å²) in [6.45, 7) is 0.977. The van der Waals surface area contributed by atoms with Crippen molar-refractivity contribution in [2.75, 3.05) is 6.54 Å². The zero-order chi connectivity index (χ0) is 14.7. The van der Waals surface area contributed by atoms with Gasteiger partial charge in [0.15, 0.2) is 0 Å². The molecular weight excluding hydrogens is 360 g/mol. The van der Waals surface area contributed by atoms with Gasteiger partial charge in [0.2, 0.25) is 5.91 Å². The lowest BCUT2D eigenvalue weighted by atomic mass is 9.92. The topological polar surface area (TPSA) is 55.1 Å². The van der Waals surface area contributed by atoms with Gasteiger partial charge < -0.3 is 11.1 Å². The number of nitrogens with one attached hydrogen (secondary N) is 1. The first-order valence-electron chi connectivity index (χ1n) is 5.53. The number of hydrogen-bond acceptors (Lipinski definition) is 2. The average molecular weight is 376 g/mol.